The average molecular weight is 511 g/mol. The highest BCUT2D eigenvalue weighted by Crippen LogP contribution is 2.26. The number of nitrogens with one attached hydrogen (secondary N) is 1. The van der Waals surface area contributed by atoms with Crippen LogP contribution in [0, 0.1) is 23.0 Å². The molecule has 10 heteroatoms. The molecular formula is C21H24Cl3F2N3OS. The maximum absolute atomic E-state index is 13.4. The van der Waals surface area contributed by atoms with E-state index in [1.807, 2.05) is 22.8 Å². The van der Waals surface area contributed by atoms with E-state index in [4.69, 9.17) is 17.0 Å². The minimum Gasteiger partial charge on any atom is -0.387 e. The molecule has 2 aromatic carbocycles. The van der Waals surface area contributed by atoms with Crippen LogP contribution in [0.25, 0.3) is 10.2 Å². The Labute approximate surface area is 200 Å². The van der Waals surface area contributed by atoms with Crippen LogP contribution in [0.2, 0.25) is 5.02 Å². The summed E-state index contributed by atoms with van der Waals surface area (Å²) in [6.07, 6.45) is 1.07. The molecule has 2 heterocycles. The number of benzene rings is 2. The highest BCUT2D eigenvalue weighted by molar-refractivity contribution is 7.16. The van der Waals surface area contributed by atoms with Gasteiger partial charge in [0.2, 0.25) is 0 Å². The number of thiazole rings is 1. The molecule has 1 aromatic heterocycles. The highest BCUT2D eigenvalue weighted by Gasteiger charge is 2.23. The monoisotopic (exact) mass is 509 g/mol. The number of aliphatic hydroxyl groups is 1. The van der Waals surface area contributed by atoms with Crippen molar-refractivity contribution in [3.05, 3.63) is 63.4 Å². The van der Waals surface area contributed by atoms with Crippen molar-refractivity contribution in [1.29, 1.82) is 5.41 Å². The van der Waals surface area contributed by atoms with E-state index in [1.54, 1.807) is 0 Å². The van der Waals surface area contributed by atoms with Crippen molar-refractivity contribution in [1.82, 2.24) is 9.47 Å². The van der Waals surface area contributed by atoms with Crippen LogP contribution in [-0.4, -0.2) is 34.2 Å². The second-order valence-electron chi connectivity index (χ2n) is 7.56. The first-order valence-corrected chi connectivity index (χ1v) is 10.8. The Bertz CT molecular complexity index is 1080. The lowest BCUT2D eigenvalue weighted by molar-refractivity contribution is 0.0864. The van der Waals surface area contributed by atoms with Crippen LogP contribution in [0.5, 0.6) is 0 Å². The molecule has 0 bridgehead atoms. The highest BCUT2D eigenvalue weighted by atomic mass is 35.5. The fourth-order valence-corrected chi connectivity index (χ4v) is 5.12. The fourth-order valence-electron chi connectivity index (χ4n) is 3.92. The molecule has 4 nitrogen and oxygen atoms in total. The van der Waals surface area contributed by atoms with Crippen molar-refractivity contribution in [3.63, 3.8) is 0 Å². The zero-order valence-corrected chi connectivity index (χ0v) is 19.8. The van der Waals surface area contributed by atoms with Gasteiger partial charge in [0.15, 0.2) is 16.4 Å². The molecule has 31 heavy (non-hydrogen) atoms. The first-order valence-electron chi connectivity index (χ1n) is 9.59. The molecule has 0 spiro atoms. The van der Waals surface area contributed by atoms with E-state index < -0.39 is 17.7 Å². The molecule has 1 saturated heterocycles. The number of hydrogen-bond donors (Lipinski definition) is 2. The second-order valence-corrected chi connectivity index (χ2v) is 9.03. The molecule has 4 rings (SSSR count). The SMILES string of the molecule is Cl.Cl.N=c1sc2cc(Cl)ccc2n1CC1CCN(CC(O)c2ccc(F)c(F)c2)CC1. The minimum atomic E-state index is -0.937. The Morgan fingerprint density at radius 3 is 2.48 bits per heavy atom. The van der Waals surface area contributed by atoms with Gasteiger partial charge in [0, 0.05) is 18.1 Å². The van der Waals surface area contributed by atoms with Crippen molar-refractivity contribution in [3.8, 4) is 0 Å². The molecule has 0 amide bonds. The number of aromatic nitrogens is 1. The molecule has 170 valence electrons. The van der Waals surface area contributed by atoms with Crippen LogP contribution in [0.1, 0.15) is 24.5 Å². The van der Waals surface area contributed by atoms with Gasteiger partial charge in [0.1, 0.15) is 0 Å². The lowest BCUT2D eigenvalue weighted by atomic mass is 9.96. The quantitative estimate of drug-likeness (QED) is 0.483. The summed E-state index contributed by atoms with van der Waals surface area (Å²) in [5.74, 6) is -1.39. The number of aliphatic hydroxyl groups excluding tert-OH is 1. The van der Waals surface area contributed by atoms with Crippen LogP contribution < -0.4 is 4.80 Å². The zero-order valence-electron chi connectivity index (χ0n) is 16.6. The number of nitrogens with zero attached hydrogens (tertiary/aromatic N) is 2. The molecule has 1 aliphatic heterocycles. The molecule has 2 N–H and O–H groups in total. The van der Waals surface area contributed by atoms with Crippen molar-refractivity contribution in [2.24, 2.45) is 5.92 Å². The molecule has 0 aliphatic carbocycles. The van der Waals surface area contributed by atoms with Gasteiger partial charge in [-0.05, 0) is 67.7 Å². The van der Waals surface area contributed by atoms with Crippen LogP contribution in [0.4, 0.5) is 8.78 Å². The van der Waals surface area contributed by atoms with Gasteiger partial charge in [0.25, 0.3) is 0 Å². The maximum Gasteiger partial charge on any atom is 0.182 e. The van der Waals surface area contributed by atoms with Gasteiger partial charge in [0.05, 0.1) is 16.3 Å². The van der Waals surface area contributed by atoms with Crippen LogP contribution >= 0.6 is 47.8 Å². The number of piperidine rings is 1. The summed E-state index contributed by atoms with van der Waals surface area (Å²) in [5.41, 5.74) is 1.43. The van der Waals surface area contributed by atoms with Gasteiger partial charge in [-0.3, -0.25) is 5.41 Å². The van der Waals surface area contributed by atoms with Gasteiger partial charge in [-0.15, -0.1) is 24.8 Å². The van der Waals surface area contributed by atoms with Gasteiger partial charge in [-0.25, -0.2) is 8.78 Å². The predicted octanol–water partition coefficient (Wildman–Crippen LogP) is 5.40. The minimum absolute atomic E-state index is 0. The third-order valence-corrected chi connectivity index (χ3v) is 6.77. The normalized spacial score (nSPS) is 16.0. The number of fused-ring (bicyclic) bond motifs is 1. The molecule has 0 radical (unpaired) electrons. The zero-order chi connectivity index (χ0) is 20.5. The number of β-amino-alcohol motifs (C(OH)–C–C–N with tert-alkyl or cyclic N) is 1. The second kappa shape index (κ2) is 11.1. The summed E-state index contributed by atoms with van der Waals surface area (Å²) < 4.78 is 29.5. The van der Waals surface area contributed by atoms with Crippen LogP contribution in [0.15, 0.2) is 36.4 Å². The van der Waals surface area contributed by atoms with Crippen molar-refractivity contribution in [2.75, 3.05) is 19.6 Å². The molecule has 1 unspecified atom stereocenters. The Morgan fingerprint density at radius 2 is 1.81 bits per heavy atom. The third kappa shape index (κ3) is 5.97. The number of hydrogen-bond acceptors (Lipinski definition) is 4. The van der Waals surface area contributed by atoms with E-state index in [1.165, 1.54) is 17.4 Å². The Balaban J connectivity index is 0.00000171. The summed E-state index contributed by atoms with van der Waals surface area (Å²) in [4.78, 5) is 2.68. The summed E-state index contributed by atoms with van der Waals surface area (Å²) in [6.45, 7) is 2.84. The summed E-state index contributed by atoms with van der Waals surface area (Å²) >= 11 is 7.50. The first kappa shape index (κ1) is 26.0. The molecule has 1 aliphatic rings. The number of likely N-dealkylation sites (tertiary alicyclic amines) is 1. The van der Waals surface area contributed by atoms with E-state index in [-0.39, 0.29) is 24.8 Å². The standard InChI is InChI=1S/C21H22ClF2N3OS.2ClH/c22-15-2-4-18-20(10-15)29-21(25)27(18)11-13-5-7-26(8-6-13)12-19(28)14-1-3-16(23)17(24)9-14;;/h1-4,9-10,13,19,25,28H,5-8,11-12H2;2*1H. The van der Waals surface area contributed by atoms with Gasteiger partial charge in [-0.2, -0.15) is 0 Å². The van der Waals surface area contributed by atoms with Crippen molar-refractivity contribution in [2.45, 2.75) is 25.5 Å². The predicted molar refractivity (Wildman–Crippen MR) is 126 cm³/mol. The summed E-state index contributed by atoms with van der Waals surface area (Å²) in [7, 11) is 0. The molecule has 0 saturated carbocycles. The van der Waals surface area contributed by atoms with Gasteiger partial charge in [-0.1, -0.05) is 29.0 Å². The smallest absolute Gasteiger partial charge is 0.182 e. The van der Waals surface area contributed by atoms with Crippen LogP contribution in [-0.2, 0) is 6.54 Å². The van der Waals surface area contributed by atoms with E-state index in [0.717, 1.165) is 54.8 Å². The average Bonchev–Trinajstić information content (AvgIpc) is 2.99. The van der Waals surface area contributed by atoms with Crippen molar-refractivity contribution < 1.29 is 13.9 Å². The first-order chi connectivity index (χ1) is 13.9. The molecule has 1 atom stereocenters. The van der Waals surface area contributed by atoms with E-state index >= 15 is 0 Å². The molecule has 3 aromatic rings. The van der Waals surface area contributed by atoms with Crippen LogP contribution in [0.3, 0.4) is 0 Å². The largest absolute Gasteiger partial charge is 0.387 e. The van der Waals surface area contributed by atoms with Gasteiger partial charge >= 0.3 is 0 Å². The summed E-state index contributed by atoms with van der Waals surface area (Å²) in [6, 6.07) is 9.27. The Kier molecular flexibility index (Phi) is 9.30. The molecule has 1 fully saturated rings. The summed E-state index contributed by atoms with van der Waals surface area (Å²) in [5, 5.41) is 19.3. The fraction of sp³-hybridized carbons (Fsp3) is 0.381. The topological polar surface area (TPSA) is 52.2 Å². The third-order valence-electron chi connectivity index (χ3n) is 5.57. The Hall–Kier alpha value is -1.22. The lowest BCUT2D eigenvalue weighted by Crippen LogP contribution is -2.38. The Morgan fingerprint density at radius 1 is 1.10 bits per heavy atom. The number of rotatable bonds is 5. The van der Waals surface area contributed by atoms with E-state index in [9.17, 15) is 13.9 Å². The molecular weight excluding hydrogens is 487 g/mol. The van der Waals surface area contributed by atoms with Crippen molar-refractivity contribution >= 4 is 58.0 Å². The maximum atomic E-state index is 13.4. The van der Waals surface area contributed by atoms with E-state index in [2.05, 4.69) is 4.90 Å². The lowest BCUT2D eigenvalue weighted by Gasteiger charge is -2.33. The van der Waals surface area contributed by atoms with Gasteiger partial charge < -0.3 is 14.6 Å². The van der Waals surface area contributed by atoms with E-state index in [0.29, 0.717) is 27.9 Å². The number of halogens is 5.